The van der Waals surface area contributed by atoms with E-state index in [1.165, 1.54) is 13.3 Å². The fourth-order valence-corrected chi connectivity index (χ4v) is 1.66. The van der Waals surface area contributed by atoms with E-state index >= 15 is 0 Å². The second-order valence-corrected chi connectivity index (χ2v) is 5.13. The van der Waals surface area contributed by atoms with Crippen LogP contribution in [0, 0.1) is 5.92 Å². The number of aromatic nitrogens is 2. The Bertz CT molecular complexity index is 443. The third-order valence-corrected chi connectivity index (χ3v) is 2.73. The molecule has 0 aliphatic rings. The number of anilines is 1. The molecule has 0 radical (unpaired) electrons. The van der Waals surface area contributed by atoms with Crippen LogP contribution in [0.3, 0.4) is 0 Å². The molecule has 1 aromatic heterocycles. The fraction of sp³-hybridized carbons (Fsp3) is 0.615. The van der Waals surface area contributed by atoms with Gasteiger partial charge in [-0.15, -0.1) is 0 Å². The van der Waals surface area contributed by atoms with E-state index in [0.29, 0.717) is 18.3 Å². The van der Waals surface area contributed by atoms with Crippen LogP contribution in [0.5, 0.6) is 0 Å². The number of ether oxygens (including phenoxy) is 2. The van der Waals surface area contributed by atoms with E-state index in [1.54, 1.807) is 13.0 Å². The van der Waals surface area contributed by atoms with Crippen molar-refractivity contribution >= 4 is 23.4 Å². The van der Waals surface area contributed by atoms with Crippen LogP contribution < -0.4 is 5.32 Å². The van der Waals surface area contributed by atoms with Gasteiger partial charge in [-0.1, -0.05) is 13.8 Å². The molecule has 6 nitrogen and oxygen atoms in total. The SMILES string of the molecule is COC(=O)[C@@H](Nc1ccnc(Cl)n1)[C@@H](C)OCC(C)C. The number of hydrogen-bond acceptors (Lipinski definition) is 6. The molecule has 0 spiro atoms. The Labute approximate surface area is 123 Å². The van der Waals surface area contributed by atoms with Crippen LogP contribution in [0.25, 0.3) is 0 Å². The molecule has 112 valence electrons. The zero-order valence-electron chi connectivity index (χ0n) is 12.1. The fourth-order valence-electron chi connectivity index (χ4n) is 1.51. The van der Waals surface area contributed by atoms with Gasteiger partial charge in [0.2, 0.25) is 5.28 Å². The van der Waals surface area contributed by atoms with Gasteiger partial charge < -0.3 is 14.8 Å². The highest BCUT2D eigenvalue weighted by molar-refractivity contribution is 6.28. The first-order chi connectivity index (χ1) is 9.43. The molecule has 1 heterocycles. The molecule has 0 unspecified atom stereocenters. The summed E-state index contributed by atoms with van der Waals surface area (Å²) in [4.78, 5) is 19.6. The van der Waals surface area contributed by atoms with Gasteiger partial charge in [0.05, 0.1) is 13.2 Å². The summed E-state index contributed by atoms with van der Waals surface area (Å²) in [6.07, 6.45) is 1.14. The van der Waals surface area contributed by atoms with E-state index in [2.05, 4.69) is 15.3 Å². The third-order valence-electron chi connectivity index (χ3n) is 2.55. The molecule has 0 aliphatic heterocycles. The standard InChI is InChI=1S/C13H20ClN3O3/c1-8(2)7-20-9(3)11(12(18)19-4)16-10-5-6-15-13(14)17-10/h5-6,8-9,11H,7H2,1-4H3,(H,15,16,17)/t9-,11+/m1/s1. The number of halogens is 1. The largest absolute Gasteiger partial charge is 0.467 e. The zero-order valence-corrected chi connectivity index (χ0v) is 12.8. The van der Waals surface area contributed by atoms with Crippen LogP contribution in [0.2, 0.25) is 5.28 Å². The minimum Gasteiger partial charge on any atom is -0.467 e. The van der Waals surface area contributed by atoms with Gasteiger partial charge in [-0.3, -0.25) is 0 Å². The van der Waals surface area contributed by atoms with Gasteiger partial charge in [-0.25, -0.2) is 14.8 Å². The van der Waals surface area contributed by atoms with Gasteiger partial charge in [0.15, 0.2) is 6.04 Å². The predicted octanol–water partition coefficient (Wildman–Crippen LogP) is 2.14. The first kappa shape index (κ1) is 16.7. The van der Waals surface area contributed by atoms with Gasteiger partial charge in [-0.05, 0) is 30.5 Å². The van der Waals surface area contributed by atoms with E-state index in [1.807, 2.05) is 13.8 Å². The van der Waals surface area contributed by atoms with Gasteiger partial charge in [0.1, 0.15) is 5.82 Å². The summed E-state index contributed by atoms with van der Waals surface area (Å²) in [5.74, 6) is 0.403. The molecule has 1 N–H and O–H groups in total. The normalized spacial score (nSPS) is 13.9. The Morgan fingerprint density at radius 1 is 1.45 bits per heavy atom. The lowest BCUT2D eigenvalue weighted by atomic mass is 10.1. The molecular weight excluding hydrogens is 282 g/mol. The third kappa shape index (κ3) is 5.30. The summed E-state index contributed by atoms with van der Waals surface area (Å²) in [5, 5.41) is 3.06. The van der Waals surface area contributed by atoms with Crippen molar-refractivity contribution in [2.45, 2.75) is 32.9 Å². The van der Waals surface area contributed by atoms with Gasteiger partial charge >= 0.3 is 5.97 Å². The monoisotopic (exact) mass is 301 g/mol. The number of nitrogens with zero attached hydrogens (tertiary/aromatic N) is 2. The highest BCUT2D eigenvalue weighted by atomic mass is 35.5. The molecule has 7 heteroatoms. The average molecular weight is 302 g/mol. The molecule has 0 fully saturated rings. The predicted molar refractivity (Wildman–Crippen MR) is 76.7 cm³/mol. The van der Waals surface area contributed by atoms with Crippen LogP contribution in [0.4, 0.5) is 5.82 Å². The van der Waals surface area contributed by atoms with E-state index < -0.39 is 12.0 Å². The average Bonchev–Trinajstić information content (AvgIpc) is 2.41. The lowest BCUT2D eigenvalue weighted by molar-refractivity contribution is -0.145. The number of carbonyl (C=O) groups excluding carboxylic acids is 1. The van der Waals surface area contributed by atoms with E-state index in [-0.39, 0.29) is 11.4 Å². The smallest absolute Gasteiger partial charge is 0.331 e. The molecule has 0 aromatic carbocycles. The second-order valence-electron chi connectivity index (χ2n) is 4.79. The van der Waals surface area contributed by atoms with Gasteiger partial charge in [0, 0.05) is 12.8 Å². The Morgan fingerprint density at radius 2 is 2.15 bits per heavy atom. The Balaban J connectivity index is 2.76. The Kier molecular flexibility index (Phi) is 6.67. The van der Waals surface area contributed by atoms with Crippen molar-refractivity contribution in [3.05, 3.63) is 17.5 Å². The number of methoxy groups -OCH3 is 1. The lowest BCUT2D eigenvalue weighted by Gasteiger charge is -2.24. The highest BCUT2D eigenvalue weighted by Crippen LogP contribution is 2.12. The summed E-state index contributed by atoms with van der Waals surface area (Å²) in [6.45, 7) is 6.44. The van der Waals surface area contributed by atoms with E-state index in [9.17, 15) is 4.79 Å². The first-order valence-corrected chi connectivity index (χ1v) is 6.76. The van der Waals surface area contributed by atoms with Crippen molar-refractivity contribution in [2.24, 2.45) is 5.92 Å². The number of hydrogen-bond donors (Lipinski definition) is 1. The molecule has 20 heavy (non-hydrogen) atoms. The van der Waals surface area contributed by atoms with Gasteiger partial charge in [-0.2, -0.15) is 0 Å². The first-order valence-electron chi connectivity index (χ1n) is 6.38. The van der Waals surface area contributed by atoms with Crippen molar-refractivity contribution < 1.29 is 14.3 Å². The summed E-state index contributed by atoms with van der Waals surface area (Å²) >= 11 is 5.71. The van der Waals surface area contributed by atoms with Crippen molar-refractivity contribution in [2.75, 3.05) is 19.0 Å². The molecule has 1 aromatic rings. The van der Waals surface area contributed by atoms with Crippen molar-refractivity contribution in [1.29, 1.82) is 0 Å². The quantitative estimate of drug-likeness (QED) is 0.614. The van der Waals surface area contributed by atoms with Crippen molar-refractivity contribution in [3.63, 3.8) is 0 Å². The molecule has 0 aliphatic carbocycles. The zero-order chi connectivity index (χ0) is 15.1. The van der Waals surface area contributed by atoms with Crippen LogP contribution in [-0.4, -0.2) is 41.8 Å². The van der Waals surface area contributed by atoms with Crippen molar-refractivity contribution in [3.8, 4) is 0 Å². The Morgan fingerprint density at radius 3 is 2.70 bits per heavy atom. The summed E-state index contributed by atoms with van der Waals surface area (Å²) in [5.41, 5.74) is 0. The molecule has 0 saturated heterocycles. The maximum Gasteiger partial charge on any atom is 0.331 e. The number of esters is 1. The Hall–Kier alpha value is -1.40. The second kappa shape index (κ2) is 8.01. The topological polar surface area (TPSA) is 73.3 Å². The lowest BCUT2D eigenvalue weighted by Crippen LogP contribution is -2.42. The molecular formula is C13H20ClN3O3. The maximum absolute atomic E-state index is 11.8. The van der Waals surface area contributed by atoms with Crippen LogP contribution in [0.1, 0.15) is 20.8 Å². The van der Waals surface area contributed by atoms with Crippen LogP contribution in [-0.2, 0) is 14.3 Å². The van der Waals surface area contributed by atoms with Gasteiger partial charge in [0.25, 0.3) is 0 Å². The summed E-state index contributed by atoms with van der Waals surface area (Å²) in [7, 11) is 1.33. The minimum atomic E-state index is -0.662. The highest BCUT2D eigenvalue weighted by Gasteiger charge is 2.27. The van der Waals surface area contributed by atoms with Crippen LogP contribution >= 0.6 is 11.6 Å². The molecule has 0 amide bonds. The number of nitrogens with one attached hydrogen (secondary N) is 1. The molecule has 2 atom stereocenters. The molecule has 1 rings (SSSR count). The number of carbonyl (C=O) groups is 1. The minimum absolute atomic E-state index is 0.106. The maximum atomic E-state index is 11.8. The number of rotatable bonds is 7. The summed E-state index contributed by atoms with van der Waals surface area (Å²) in [6, 6.07) is 0.960. The van der Waals surface area contributed by atoms with Crippen LogP contribution in [0.15, 0.2) is 12.3 Å². The molecule has 0 bridgehead atoms. The summed E-state index contributed by atoms with van der Waals surface area (Å²) < 4.78 is 10.4. The van der Waals surface area contributed by atoms with E-state index in [0.717, 1.165) is 0 Å². The van der Waals surface area contributed by atoms with Crippen molar-refractivity contribution in [1.82, 2.24) is 9.97 Å². The molecule has 0 saturated carbocycles. The van der Waals surface area contributed by atoms with E-state index in [4.69, 9.17) is 21.1 Å².